The third kappa shape index (κ3) is 5.10. The molecule has 8 nitrogen and oxygen atoms in total. The van der Waals surface area contributed by atoms with Gasteiger partial charge in [-0.1, -0.05) is 18.2 Å². The van der Waals surface area contributed by atoms with Crippen molar-refractivity contribution in [3.05, 3.63) is 69.3 Å². The molecule has 8 heteroatoms. The summed E-state index contributed by atoms with van der Waals surface area (Å²) >= 11 is 0. The van der Waals surface area contributed by atoms with E-state index in [1.807, 2.05) is 24.3 Å². The average Bonchev–Trinajstić information content (AvgIpc) is 2.75. The highest BCUT2D eigenvalue weighted by Crippen LogP contribution is 2.24. The number of carbonyl (C=O) groups is 1. The number of amides is 1. The number of nitro groups is 1. The van der Waals surface area contributed by atoms with Crippen LogP contribution in [0.1, 0.15) is 27.5 Å². The first kappa shape index (κ1) is 20.8. The second kappa shape index (κ2) is 9.49. The molecule has 29 heavy (non-hydrogen) atoms. The smallest absolute Gasteiger partial charge is 0.273 e. The number of carbonyl (C=O) groups excluding carboxylic acids is 1. The van der Waals surface area contributed by atoms with Crippen molar-refractivity contribution in [2.45, 2.75) is 13.0 Å². The van der Waals surface area contributed by atoms with Gasteiger partial charge in [0, 0.05) is 36.8 Å². The first-order valence-electron chi connectivity index (χ1n) is 9.48. The van der Waals surface area contributed by atoms with E-state index in [9.17, 15) is 14.9 Å². The molecule has 0 aromatic heterocycles. The van der Waals surface area contributed by atoms with Gasteiger partial charge in [-0.15, -0.1) is 0 Å². The van der Waals surface area contributed by atoms with Crippen molar-refractivity contribution in [1.29, 1.82) is 0 Å². The molecule has 1 heterocycles. The highest BCUT2D eigenvalue weighted by molar-refractivity contribution is 5.95. The Kier molecular flexibility index (Phi) is 6.79. The van der Waals surface area contributed by atoms with Gasteiger partial charge >= 0.3 is 0 Å². The number of methoxy groups -OCH3 is 1. The van der Waals surface area contributed by atoms with Gasteiger partial charge in [0.05, 0.1) is 31.3 Å². The number of aryl methyl sites for hydroxylation is 1. The SMILES string of the molecule is COc1ccc(C(CNC(=O)c2ccc(C)c([N+](=O)[O-])c2)N2CCOCC2)cc1. The standard InChI is InChI=1S/C21H25N3O5/c1-15-3-4-17(13-19(15)24(26)27)21(25)22-14-20(23-9-11-29-12-10-23)16-5-7-18(28-2)8-6-16/h3-8,13,20H,9-12,14H2,1-2H3,(H,22,25). The zero-order valence-corrected chi connectivity index (χ0v) is 16.6. The second-order valence-corrected chi connectivity index (χ2v) is 6.91. The van der Waals surface area contributed by atoms with E-state index in [1.165, 1.54) is 6.07 Å². The number of rotatable bonds is 7. The van der Waals surface area contributed by atoms with Crippen LogP contribution in [0.25, 0.3) is 0 Å². The van der Waals surface area contributed by atoms with E-state index in [2.05, 4.69) is 10.2 Å². The summed E-state index contributed by atoms with van der Waals surface area (Å²) in [5.74, 6) is 0.436. The number of hydrogen-bond donors (Lipinski definition) is 1. The lowest BCUT2D eigenvalue weighted by atomic mass is 10.0. The molecule has 1 unspecified atom stereocenters. The van der Waals surface area contributed by atoms with Crippen LogP contribution >= 0.6 is 0 Å². The molecular formula is C21H25N3O5. The quantitative estimate of drug-likeness (QED) is 0.568. The number of hydrogen-bond acceptors (Lipinski definition) is 6. The molecule has 0 bridgehead atoms. The van der Waals surface area contributed by atoms with E-state index in [-0.39, 0.29) is 23.2 Å². The van der Waals surface area contributed by atoms with Crippen molar-refractivity contribution < 1.29 is 19.2 Å². The molecule has 0 spiro atoms. The first-order valence-corrected chi connectivity index (χ1v) is 9.48. The molecule has 154 valence electrons. The fourth-order valence-electron chi connectivity index (χ4n) is 3.41. The molecule has 2 aromatic carbocycles. The molecule has 1 amide bonds. The van der Waals surface area contributed by atoms with Crippen LogP contribution in [-0.2, 0) is 4.74 Å². The minimum absolute atomic E-state index is 0.0332. The van der Waals surface area contributed by atoms with E-state index in [4.69, 9.17) is 9.47 Å². The van der Waals surface area contributed by atoms with Crippen molar-refractivity contribution in [2.75, 3.05) is 40.0 Å². The fraction of sp³-hybridized carbons (Fsp3) is 0.381. The highest BCUT2D eigenvalue weighted by Gasteiger charge is 2.24. The maximum Gasteiger partial charge on any atom is 0.273 e. The van der Waals surface area contributed by atoms with E-state index >= 15 is 0 Å². The molecule has 3 rings (SSSR count). The van der Waals surface area contributed by atoms with Crippen molar-refractivity contribution in [3.63, 3.8) is 0 Å². The zero-order chi connectivity index (χ0) is 20.8. The Morgan fingerprint density at radius 1 is 1.24 bits per heavy atom. The van der Waals surface area contributed by atoms with Gasteiger partial charge in [0.25, 0.3) is 11.6 Å². The van der Waals surface area contributed by atoms with Gasteiger partial charge in [0.15, 0.2) is 0 Å². The van der Waals surface area contributed by atoms with Gasteiger partial charge in [0.2, 0.25) is 0 Å². The number of nitrogens with zero attached hydrogens (tertiary/aromatic N) is 2. The van der Waals surface area contributed by atoms with Crippen LogP contribution in [0.3, 0.4) is 0 Å². The zero-order valence-electron chi connectivity index (χ0n) is 16.6. The maximum absolute atomic E-state index is 12.7. The number of benzene rings is 2. The Hall–Kier alpha value is -2.97. The van der Waals surface area contributed by atoms with Crippen LogP contribution in [0.5, 0.6) is 5.75 Å². The topological polar surface area (TPSA) is 93.9 Å². The molecule has 1 fully saturated rings. The lowest BCUT2D eigenvalue weighted by molar-refractivity contribution is -0.385. The maximum atomic E-state index is 12.7. The van der Waals surface area contributed by atoms with Gasteiger partial charge in [-0.3, -0.25) is 19.8 Å². The van der Waals surface area contributed by atoms with Crippen LogP contribution in [0.15, 0.2) is 42.5 Å². The van der Waals surface area contributed by atoms with Crippen molar-refractivity contribution in [3.8, 4) is 5.75 Å². The predicted molar refractivity (Wildman–Crippen MR) is 108 cm³/mol. The molecular weight excluding hydrogens is 374 g/mol. The van der Waals surface area contributed by atoms with Gasteiger partial charge in [0.1, 0.15) is 5.75 Å². The largest absolute Gasteiger partial charge is 0.497 e. The van der Waals surface area contributed by atoms with E-state index in [0.29, 0.717) is 25.3 Å². The molecule has 0 aliphatic carbocycles. The Bertz CT molecular complexity index is 863. The molecule has 1 N–H and O–H groups in total. The van der Waals surface area contributed by atoms with E-state index in [1.54, 1.807) is 26.2 Å². The molecule has 1 aliphatic heterocycles. The highest BCUT2D eigenvalue weighted by atomic mass is 16.6. The molecule has 1 saturated heterocycles. The Morgan fingerprint density at radius 3 is 2.55 bits per heavy atom. The summed E-state index contributed by atoms with van der Waals surface area (Å²) in [6.07, 6.45) is 0. The number of nitro benzene ring substituents is 1. The van der Waals surface area contributed by atoms with E-state index < -0.39 is 4.92 Å². The molecule has 0 radical (unpaired) electrons. The first-order chi connectivity index (χ1) is 14.0. The van der Waals surface area contributed by atoms with Crippen LogP contribution in [0.4, 0.5) is 5.69 Å². The summed E-state index contributed by atoms with van der Waals surface area (Å²) in [6.45, 7) is 4.85. The number of ether oxygens (including phenoxy) is 2. The summed E-state index contributed by atoms with van der Waals surface area (Å²) in [7, 11) is 1.62. The Morgan fingerprint density at radius 2 is 1.93 bits per heavy atom. The average molecular weight is 399 g/mol. The second-order valence-electron chi connectivity index (χ2n) is 6.91. The molecule has 0 saturated carbocycles. The third-order valence-corrected chi connectivity index (χ3v) is 5.11. The lowest BCUT2D eigenvalue weighted by Gasteiger charge is -2.35. The molecule has 2 aromatic rings. The summed E-state index contributed by atoms with van der Waals surface area (Å²) in [4.78, 5) is 25.6. The predicted octanol–water partition coefficient (Wildman–Crippen LogP) is 2.72. The van der Waals surface area contributed by atoms with Crippen LogP contribution < -0.4 is 10.1 Å². The summed E-state index contributed by atoms with van der Waals surface area (Å²) in [6, 6.07) is 12.3. The minimum atomic E-state index is -0.472. The van der Waals surface area contributed by atoms with E-state index in [0.717, 1.165) is 24.4 Å². The van der Waals surface area contributed by atoms with Crippen LogP contribution in [0, 0.1) is 17.0 Å². The number of nitrogens with one attached hydrogen (secondary N) is 1. The van der Waals surface area contributed by atoms with Gasteiger partial charge < -0.3 is 14.8 Å². The Labute approximate surface area is 169 Å². The van der Waals surface area contributed by atoms with Crippen molar-refractivity contribution in [2.24, 2.45) is 0 Å². The minimum Gasteiger partial charge on any atom is -0.497 e. The monoisotopic (exact) mass is 399 g/mol. The van der Waals surface area contributed by atoms with Gasteiger partial charge in [-0.05, 0) is 30.7 Å². The normalized spacial score (nSPS) is 15.5. The van der Waals surface area contributed by atoms with Crippen molar-refractivity contribution in [1.82, 2.24) is 10.2 Å². The Balaban J connectivity index is 1.76. The molecule has 1 aliphatic rings. The van der Waals surface area contributed by atoms with Gasteiger partial charge in [-0.2, -0.15) is 0 Å². The van der Waals surface area contributed by atoms with Gasteiger partial charge in [-0.25, -0.2) is 0 Å². The van der Waals surface area contributed by atoms with Crippen LogP contribution in [-0.4, -0.2) is 55.7 Å². The summed E-state index contributed by atoms with van der Waals surface area (Å²) in [5.41, 5.74) is 1.80. The van der Waals surface area contributed by atoms with Crippen LogP contribution in [0.2, 0.25) is 0 Å². The summed E-state index contributed by atoms with van der Waals surface area (Å²) in [5, 5.41) is 14.1. The fourth-order valence-corrected chi connectivity index (χ4v) is 3.41. The lowest BCUT2D eigenvalue weighted by Crippen LogP contribution is -2.43. The number of morpholine rings is 1. The van der Waals surface area contributed by atoms with Crippen molar-refractivity contribution >= 4 is 11.6 Å². The summed E-state index contributed by atoms with van der Waals surface area (Å²) < 4.78 is 10.7. The third-order valence-electron chi connectivity index (χ3n) is 5.11. The molecule has 1 atom stereocenters.